The van der Waals surface area contributed by atoms with Crippen LogP contribution >= 0.6 is 0 Å². The summed E-state index contributed by atoms with van der Waals surface area (Å²) in [5.74, 6) is 0.287. The highest BCUT2D eigenvalue weighted by atomic mass is 19.4. The Morgan fingerprint density at radius 1 is 1.35 bits per heavy atom. The Bertz CT molecular complexity index is 631. The van der Waals surface area contributed by atoms with Gasteiger partial charge in [0.25, 0.3) is 0 Å². The fourth-order valence-corrected chi connectivity index (χ4v) is 2.56. The largest absolute Gasteiger partial charge is 0.434 e. The number of aromatic nitrogens is 2. The van der Waals surface area contributed by atoms with E-state index in [0.717, 1.165) is 23.7 Å². The summed E-state index contributed by atoms with van der Waals surface area (Å²) in [7, 11) is 0. The van der Waals surface area contributed by atoms with Crippen LogP contribution in [0.5, 0.6) is 0 Å². The number of benzene rings is 1. The minimum Gasteiger partial charge on any atom is -0.356 e. The van der Waals surface area contributed by atoms with Gasteiger partial charge in [-0.25, -0.2) is 4.98 Å². The smallest absolute Gasteiger partial charge is 0.356 e. The summed E-state index contributed by atoms with van der Waals surface area (Å²) in [4.78, 5) is 3.65. The number of halogens is 3. The first-order chi connectivity index (χ1) is 9.45. The molecule has 0 aliphatic carbocycles. The molecule has 1 aliphatic heterocycles. The first-order valence-corrected chi connectivity index (χ1v) is 6.41. The monoisotopic (exact) mass is 281 g/mol. The molecule has 0 radical (unpaired) electrons. The van der Waals surface area contributed by atoms with Crippen LogP contribution in [0.4, 0.5) is 19.1 Å². The molecule has 0 bridgehead atoms. The second-order valence-electron chi connectivity index (χ2n) is 5.00. The number of rotatable bonds is 1. The normalized spacial score (nSPS) is 18.5. The maximum Gasteiger partial charge on any atom is 0.434 e. The minimum atomic E-state index is -4.41. The van der Waals surface area contributed by atoms with Crippen molar-refractivity contribution >= 4 is 5.95 Å². The summed E-state index contributed by atoms with van der Waals surface area (Å²) < 4.78 is 39.9. The number of alkyl halides is 3. The highest BCUT2D eigenvalue weighted by molar-refractivity contribution is 5.37. The number of fused-ring (bicyclic) bond motifs is 1. The second kappa shape index (κ2) is 4.54. The first kappa shape index (κ1) is 13.0. The Labute approximate surface area is 114 Å². The zero-order chi connectivity index (χ0) is 14.3. The molecule has 2 aromatic rings. The minimum absolute atomic E-state index is 0.102. The molecular formula is C14H14F3N3. The topological polar surface area (TPSA) is 29.9 Å². The van der Waals surface area contributed by atoms with E-state index < -0.39 is 11.9 Å². The van der Waals surface area contributed by atoms with Crippen molar-refractivity contribution in [3.63, 3.8) is 0 Å². The van der Waals surface area contributed by atoms with Crippen LogP contribution in [-0.2, 0) is 6.18 Å². The maximum atomic E-state index is 12.8. The predicted molar refractivity (Wildman–Crippen MR) is 69.7 cm³/mol. The van der Waals surface area contributed by atoms with E-state index in [1.54, 1.807) is 4.57 Å². The van der Waals surface area contributed by atoms with Crippen molar-refractivity contribution in [2.24, 2.45) is 0 Å². The van der Waals surface area contributed by atoms with Gasteiger partial charge < -0.3 is 9.88 Å². The van der Waals surface area contributed by atoms with Crippen LogP contribution in [0.15, 0.2) is 30.5 Å². The summed E-state index contributed by atoms with van der Waals surface area (Å²) in [6.07, 6.45) is -2.58. The molecule has 0 fully saturated rings. The molecule has 3 nitrogen and oxygen atoms in total. The lowest BCUT2D eigenvalue weighted by atomic mass is 10.0. The van der Waals surface area contributed by atoms with E-state index in [4.69, 9.17) is 0 Å². The van der Waals surface area contributed by atoms with Crippen LogP contribution in [-0.4, -0.2) is 16.1 Å². The lowest BCUT2D eigenvalue weighted by Crippen LogP contribution is -2.23. The van der Waals surface area contributed by atoms with Crippen LogP contribution in [0.1, 0.15) is 29.3 Å². The lowest BCUT2D eigenvalue weighted by molar-refractivity contribution is -0.140. The summed E-state index contributed by atoms with van der Waals surface area (Å²) >= 11 is 0. The molecule has 20 heavy (non-hydrogen) atoms. The van der Waals surface area contributed by atoms with Gasteiger partial charge >= 0.3 is 6.18 Å². The Kier molecular flexibility index (Phi) is 2.96. The lowest BCUT2D eigenvalue weighted by Gasteiger charge is -2.26. The molecular weight excluding hydrogens is 267 g/mol. The summed E-state index contributed by atoms with van der Waals surface area (Å²) in [6, 6.07) is 7.75. The van der Waals surface area contributed by atoms with E-state index in [9.17, 15) is 13.2 Å². The molecule has 1 aromatic carbocycles. The molecule has 1 atom stereocenters. The summed E-state index contributed by atoms with van der Waals surface area (Å²) in [6.45, 7) is 2.59. The number of nitrogens with one attached hydrogen (secondary N) is 1. The van der Waals surface area contributed by atoms with Crippen molar-refractivity contribution in [2.45, 2.75) is 25.6 Å². The van der Waals surface area contributed by atoms with Crippen LogP contribution < -0.4 is 5.32 Å². The van der Waals surface area contributed by atoms with Gasteiger partial charge in [0, 0.05) is 12.7 Å². The van der Waals surface area contributed by atoms with E-state index in [1.165, 1.54) is 0 Å². The van der Waals surface area contributed by atoms with E-state index in [0.29, 0.717) is 6.54 Å². The maximum absolute atomic E-state index is 12.8. The van der Waals surface area contributed by atoms with Gasteiger partial charge in [-0.15, -0.1) is 0 Å². The number of aryl methyl sites for hydroxylation is 1. The molecule has 1 aromatic heterocycles. The Morgan fingerprint density at radius 2 is 2.15 bits per heavy atom. The molecule has 0 spiro atoms. The van der Waals surface area contributed by atoms with Crippen molar-refractivity contribution in [3.8, 4) is 0 Å². The molecule has 1 N–H and O–H groups in total. The molecule has 1 aliphatic rings. The molecule has 2 heterocycles. The first-order valence-electron chi connectivity index (χ1n) is 6.41. The number of hydrogen-bond donors (Lipinski definition) is 1. The average Bonchev–Trinajstić information content (AvgIpc) is 2.82. The fraction of sp³-hybridized carbons (Fsp3) is 0.357. The standard InChI is InChI=1S/C14H14F3N3/c1-9-3-2-4-10(7-9)11-5-6-18-13-19-12(8-20(11)13)14(15,16)17/h2-4,7-8,11H,5-6H2,1H3,(H,18,19). The van der Waals surface area contributed by atoms with Crippen LogP contribution in [0.3, 0.4) is 0 Å². The summed E-state index contributed by atoms with van der Waals surface area (Å²) in [5.41, 5.74) is 1.26. The number of nitrogens with zero attached hydrogens (tertiary/aromatic N) is 2. The van der Waals surface area contributed by atoms with E-state index in [-0.39, 0.29) is 12.0 Å². The van der Waals surface area contributed by atoms with Gasteiger partial charge in [0.15, 0.2) is 5.69 Å². The molecule has 106 valence electrons. The SMILES string of the molecule is Cc1cccc(C2CCNc3nc(C(F)(F)F)cn32)c1. The van der Waals surface area contributed by atoms with E-state index in [1.807, 2.05) is 31.2 Å². The van der Waals surface area contributed by atoms with Crippen molar-refractivity contribution in [3.05, 3.63) is 47.3 Å². The number of hydrogen-bond acceptors (Lipinski definition) is 2. The molecule has 0 amide bonds. The molecule has 1 unspecified atom stereocenters. The van der Waals surface area contributed by atoms with Gasteiger partial charge in [-0.3, -0.25) is 0 Å². The van der Waals surface area contributed by atoms with Crippen molar-refractivity contribution in [1.82, 2.24) is 9.55 Å². The van der Waals surface area contributed by atoms with Crippen LogP contribution in [0.2, 0.25) is 0 Å². The number of anilines is 1. The second-order valence-corrected chi connectivity index (χ2v) is 5.00. The van der Waals surface area contributed by atoms with Gasteiger partial charge in [0.1, 0.15) is 0 Å². The van der Waals surface area contributed by atoms with Crippen molar-refractivity contribution in [1.29, 1.82) is 0 Å². The molecule has 3 rings (SSSR count). The fourth-order valence-electron chi connectivity index (χ4n) is 2.56. The Morgan fingerprint density at radius 3 is 2.85 bits per heavy atom. The third-order valence-electron chi connectivity index (χ3n) is 3.49. The van der Waals surface area contributed by atoms with Gasteiger partial charge in [-0.1, -0.05) is 29.8 Å². The Balaban J connectivity index is 2.04. The van der Waals surface area contributed by atoms with Crippen LogP contribution in [0, 0.1) is 6.92 Å². The van der Waals surface area contributed by atoms with Gasteiger partial charge in [0.05, 0.1) is 6.04 Å². The third kappa shape index (κ3) is 2.26. The average molecular weight is 281 g/mol. The number of imidazole rings is 1. The van der Waals surface area contributed by atoms with Gasteiger partial charge in [-0.05, 0) is 18.9 Å². The highest BCUT2D eigenvalue weighted by Gasteiger charge is 2.36. The highest BCUT2D eigenvalue weighted by Crippen LogP contribution is 2.35. The van der Waals surface area contributed by atoms with Gasteiger partial charge in [0.2, 0.25) is 5.95 Å². The van der Waals surface area contributed by atoms with Crippen molar-refractivity contribution in [2.75, 3.05) is 11.9 Å². The summed E-state index contributed by atoms with van der Waals surface area (Å²) in [5, 5.41) is 2.92. The Hall–Kier alpha value is -1.98. The zero-order valence-electron chi connectivity index (χ0n) is 10.9. The van der Waals surface area contributed by atoms with E-state index >= 15 is 0 Å². The van der Waals surface area contributed by atoms with E-state index in [2.05, 4.69) is 10.3 Å². The molecule has 0 saturated heterocycles. The quantitative estimate of drug-likeness (QED) is 0.865. The van der Waals surface area contributed by atoms with Crippen molar-refractivity contribution < 1.29 is 13.2 Å². The van der Waals surface area contributed by atoms with Crippen LogP contribution in [0.25, 0.3) is 0 Å². The van der Waals surface area contributed by atoms with Gasteiger partial charge in [-0.2, -0.15) is 13.2 Å². The predicted octanol–water partition coefficient (Wildman–Crippen LogP) is 3.62. The molecule has 0 saturated carbocycles. The zero-order valence-corrected chi connectivity index (χ0v) is 10.9. The molecule has 6 heteroatoms. The third-order valence-corrected chi connectivity index (χ3v) is 3.49.